The van der Waals surface area contributed by atoms with Crippen LogP contribution < -0.4 is 5.32 Å². The molecule has 0 unspecified atom stereocenters. The van der Waals surface area contributed by atoms with Crippen molar-refractivity contribution in [3.63, 3.8) is 0 Å². The number of amides is 2. The predicted octanol–water partition coefficient (Wildman–Crippen LogP) is 0.657. The van der Waals surface area contributed by atoms with Crippen LogP contribution in [0, 0.1) is 12.3 Å². The van der Waals surface area contributed by atoms with Crippen LogP contribution in [-0.4, -0.2) is 40.1 Å². The molecule has 0 radical (unpaired) electrons. The molecule has 1 saturated heterocycles. The third-order valence-electron chi connectivity index (χ3n) is 2.58. The molecule has 88 valence electrons. The number of carbonyl (C=O) groups is 2. The van der Waals surface area contributed by atoms with Crippen LogP contribution in [0.25, 0.3) is 0 Å². The zero-order valence-electron chi connectivity index (χ0n) is 9.49. The lowest BCUT2D eigenvalue weighted by atomic mass is 10.1. The molecule has 0 aromatic heterocycles. The van der Waals surface area contributed by atoms with Crippen molar-refractivity contribution in [3.8, 4) is 12.3 Å². The number of carbonyl (C=O) groups excluding carboxylic acids is 1. The van der Waals surface area contributed by atoms with E-state index in [4.69, 9.17) is 11.5 Å². The number of aliphatic carboxylic acids is 1. The van der Waals surface area contributed by atoms with E-state index in [1.54, 1.807) is 13.8 Å². The van der Waals surface area contributed by atoms with E-state index in [2.05, 4.69) is 11.2 Å². The number of carboxylic acids is 1. The molecule has 1 aliphatic heterocycles. The minimum Gasteiger partial charge on any atom is -0.480 e. The highest BCUT2D eigenvalue weighted by Gasteiger charge is 2.35. The zero-order chi connectivity index (χ0) is 12.3. The summed E-state index contributed by atoms with van der Waals surface area (Å²) in [7, 11) is 0. The monoisotopic (exact) mass is 224 g/mol. The Hall–Kier alpha value is -1.70. The van der Waals surface area contributed by atoms with Crippen molar-refractivity contribution in [1.29, 1.82) is 0 Å². The second-order valence-electron chi connectivity index (χ2n) is 4.39. The molecule has 1 atom stereocenters. The predicted molar refractivity (Wildman–Crippen MR) is 58.8 cm³/mol. The average molecular weight is 224 g/mol. The fourth-order valence-electron chi connectivity index (χ4n) is 1.64. The van der Waals surface area contributed by atoms with E-state index < -0.39 is 23.6 Å². The maximum absolute atomic E-state index is 11.8. The van der Waals surface area contributed by atoms with E-state index in [0.717, 1.165) is 0 Å². The van der Waals surface area contributed by atoms with Crippen molar-refractivity contribution >= 4 is 12.0 Å². The van der Waals surface area contributed by atoms with E-state index in [0.29, 0.717) is 19.4 Å². The Morgan fingerprint density at radius 1 is 1.56 bits per heavy atom. The summed E-state index contributed by atoms with van der Waals surface area (Å²) >= 11 is 0. The Balaban J connectivity index is 2.68. The molecule has 0 bridgehead atoms. The highest BCUT2D eigenvalue weighted by atomic mass is 16.4. The molecule has 2 N–H and O–H groups in total. The minimum atomic E-state index is -0.967. The van der Waals surface area contributed by atoms with Crippen molar-refractivity contribution in [3.05, 3.63) is 0 Å². The van der Waals surface area contributed by atoms with E-state index in [9.17, 15) is 9.59 Å². The third kappa shape index (κ3) is 2.66. The van der Waals surface area contributed by atoms with Gasteiger partial charge in [-0.1, -0.05) is 5.92 Å². The first-order valence-electron chi connectivity index (χ1n) is 5.17. The van der Waals surface area contributed by atoms with Gasteiger partial charge < -0.3 is 15.3 Å². The highest BCUT2D eigenvalue weighted by molar-refractivity contribution is 5.83. The topological polar surface area (TPSA) is 69.6 Å². The van der Waals surface area contributed by atoms with Gasteiger partial charge in [-0.15, -0.1) is 6.42 Å². The zero-order valence-corrected chi connectivity index (χ0v) is 9.49. The molecule has 5 nitrogen and oxygen atoms in total. The number of terminal acetylenes is 1. The summed E-state index contributed by atoms with van der Waals surface area (Å²) in [6.45, 7) is 3.84. The van der Waals surface area contributed by atoms with Gasteiger partial charge in [-0.25, -0.2) is 9.59 Å². The van der Waals surface area contributed by atoms with Crippen molar-refractivity contribution in [2.45, 2.75) is 38.3 Å². The van der Waals surface area contributed by atoms with Crippen LogP contribution in [0.4, 0.5) is 4.79 Å². The first kappa shape index (κ1) is 12.4. The van der Waals surface area contributed by atoms with Gasteiger partial charge in [0.25, 0.3) is 0 Å². The Bertz CT molecular complexity index is 344. The molecule has 1 aliphatic rings. The Kier molecular flexibility index (Phi) is 3.43. The van der Waals surface area contributed by atoms with Gasteiger partial charge >= 0.3 is 12.0 Å². The first-order chi connectivity index (χ1) is 7.37. The molecule has 0 spiro atoms. The largest absolute Gasteiger partial charge is 0.480 e. The summed E-state index contributed by atoms with van der Waals surface area (Å²) in [4.78, 5) is 24.0. The van der Waals surface area contributed by atoms with Crippen LogP contribution in [0.5, 0.6) is 0 Å². The molecular formula is C11H16N2O3. The highest BCUT2D eigenvalue weighted by Crippen LogP contribution is 2.18. The number of nitrogens with zero attached hydrogens (tertiary/aromatic N) is 1. The van der Waals surface area contributed by atoms with Crippen molar-refractivity contribution < 1.29 is 14.7 Å². The van der Waals surface area contributed by atoms with Crippen LogP contribution in [0.3, 0.4) is 0 Å². The van der Waals surface area contributed by atoms with Gasteiger partial charge in [0.2, 0.25) is 0 Å². The minimum absolute atomic E-state index is 0.409. The molecule has 0 aromatic carbocycles. The van der Waals surface area contributed by atoms with Crippen LogP contribution in [0.2, 0.25) is 0 Å². The normalized spacial score (nSPS) is 20.3. The van der Waals surface area contributed by atoms with Crippen LogP contribution in [0.15, 0.2) is 0 Å². The Labute approximate surface area is 94.8 Å². The van der Waals surface area contributed by atoms with Crippen LogP contribution in [0.1, 0.15) is 26.7 Å². The van der Waals surface area contributed by atoms with Crippen LogP contribution >= 0.6 is 0 Å². The maximum atomic E-state index is 11.8. The molecule has 0 aromatic rings. The van der Waals surface area contributed by atoms with Gasteiger partial charge in [0.05, 0.1) is 5.54 Å². The van der Waals surface area contributed by atoms with Gasteiger partial charge in [0, 0.05) is 6.54 Å². The Morgan fingerprint density at radius 2 is 2.19 bits per heavy atom. The SMILES string of the molecule is C#CC(C)(C)NC(=O)N1CCC[C@H]1C(=O)O. The number of urea groups is 1. The lowest BCUT2D eigenvalue weighted by molar-refractivity contribution is -0.141. The first-order valence-corrected chi connectivity index (χ1v) is 5.17. The molecule has 1 rings (SSSR count). The van der Waals surface area contributed by atoms with Gasteiger partial charge in [0.1, 0.15) is 6.04 Å². The van der Waals surface area contributed by atoms with Crippen LogP contribution in [-0.2, 0) is 4.79 Å². The molecular weight excluding hydrogens is 208 g/mol. The van der Waals surface area contributed by atoms with Crippen molar-refractivity contribution in [2.24, 2.45) is 0 Å². The fourth-order valence-corrected chi connectivity index (χ4v) is 1.64. The number of likely N-dealkylation sites (tertiary alicyclic amines) is 1. The molecule has 5 heteroatoms. The number of hydrogen-bond acceptors (Lipinski definition) is 2. The number of hydrogen-bond donors (Lipinski definition) is 2. The quantitative estimate of drug-likeness (QED) is 0.677. The molecule has 1 fully saturated rings. The van der Waals surface area contributed by atoms with E-state index in [1.165, 1.54) is 4.90 Å². The number of carboxylic acid groups (broad SMARTS) is 1. The van der Waals surface area contributed by atoms with E-state index >= 15 is 0 Å². The summed E-state index contributed by atoms with van der Waals surface area (Å²) < 4.78 is 0. The molecule has 0 saturated carbocycles. The van der Waals surface area contributed by atoms with Gasteiger partial charge in [-0.3, -0.25) is 0 Å². The summed E-state index contributed by atoms with van der Waals surface area (Å²) in [6, 6.07) is -1.14. The average Bonchev–Trinajstić information content (AvgIpc) is 2.65. The standard InChI is InChI=1S/C11H16N2O3/c1-4-11(2,3)12-10(16)13-7-5-6-8(13)9(14)15/h1,8H,5-7H2,2-3H3,(H,12,16)(H,14,15)/t8-/m0/s1. The summed E-state index contributed by atoms with van der Waals surface area (Å²) in [5.74, 6) is 1.47. The molecule has 1 heterocycles. The second-order valence-corrected chi connectivity index (χ2v) is 4.39. The molecule has 0 aliphatic carbocycles. The lowest BCUT2D eigenvalue weighted by Crippen LogP contribution is -2.52. The van der Waals surface area contributed by atoms with Gasteiger partial charge in [-0.2, -0.15) is 0 Å². The Morgan fingerprint density at radius 3 is 2.69 bits per heavy atom. The number of rotatable bonds is 2. The lowest BCUT2D eigenvalue weighted by Gasteiger charge is -2.27. The molecule has 2 amide bonds. The van der Waals surface area contributed by atoms with E-state index in [-0.39, 0.29) is 0 Å². The maximum Gasteiger partial charge on any atom is 0.326 e. The fraction of sp³-hybridized carbons (Fsp3) is 0.636. The third-order valence-corrected chi connectivity index (χ3v) is 2.58. The molecule has 16 heavy (non-hydrogen) atoms. The summed E-state index contributed by atoms with van der Waals surface area (Å²) in [5.41, 5.74) is -0.761. The van der Waals surface area contributed by atoms with E-state index in [1.807, 2.05) is 0 Å². The van der Waals surface area contributed by atoms with Gasteiger partial charge in [0.15, 0.2) is 0 Å². The summed E-state index contributed by atoms with van der Waals surface area (Å²) in [5, 5.41) is 11.5. The van der Waals surface area contributed by atoms with Gasteiger partial charge in [-0.05, 0) is 26.7 Å². The number of nitrogens with one attached hydrogen (secondary N) is 1. The smallest absolute Gasteiger partial charge is 0.326 e. The summed E-state index contributed by atoms with van der Waals surface area (Å²) in [6.07, 6.45) is 6.46. The second kappa shape index (κ2) is 4.44. The van der Waals surface area contributed by atoms with Crippen molar-refractivity contribution in [2.75, 3.05) is 6.54 Å². The van der Waals surface area contributed by atoms with Crippen molar-refractivity contribution in [1.82, 2.24) is 10.2 Å².